The number of benzene rings is 2. The van der Waals surface area contributed by atoms with Gasteiger partial charge in [-0.25, -0.2) is 0 Å². The molecule has 0 radical (unpaired) electrons. The molecular formula is C29H38N4O. The van der Waals surface area contributed by atoms with E-state index in [1.807, 2.05) is 0 Å². The van der Waals surface area contributed by atoms with Gasteiger partial charge in [-0.2, -0.15) is 0 Å². The summed E-state index contributed by atoms with van der Waals surface area (Å²) in [5.74, 6) is 0.420. The number of fused-ring (bicyclic) bond motifs is 1. The number of hydrogen-bond acceptors (Lipinski definition) is 3. The third-order valence-electron chi connectivity index (χ3n) is 7.84. The summed E-state index contributed by atoms with van der Waals surface area (Å²) in [7, 11) is 0. The fourth-order valence-electron chi connectivity index (χ4n) is 5.84. The molecule has 0 aliphatic carbocycles. The second kappa shape index (κ2) is 10.7. The van der Waals surface area contributed by atoms with Crippen LogP contribution >= 0.6 is 0 Å². The normalized spacial score (nSPS) is 20.2. The summed E-state index contributed by atoms with van der Waals surface area (Å²) >= 11 is 0. The lowest BCUT2D eigenvalue weighted by molar-refractivity contribution is -0.126. The number of likely N-dealkylation sites (tertiary alicyclic amines) is 2. The molecule has 2 fully saturated rings. The van der Waals surface area contributed by atoms with E-state index in [1.165, 1.54) is 41.5 Å². The van der Waals surface area contributed by atoms with Gasteiger partial charge in [0, 0.05) is 42.8 Å². The lowest BCUT2D eigenvalue weighted by atomic mass is 9.95. The number of nitrogens with zero attached hydrogens (tertiary/aromatic N) is 3. The standard InChI is InChI=1S/C29H38N4O/c1-2-32-16-8-12-26(32)20-30-29(34)24-14-17-31(18-15-24)22-27-19-25-11-6-7-13-28(25)33(27)21-23-9-4-3-5-10-23/h3-7,9-11,13,19,24,26H,2,8,12,14-18,20-22H2,1H3,(H,30,34). The van der Waals surface area contributed by atoms with Crippen molar-refractivity contribution in [1.82, 2.24) is 19.7 Å². The molecule has 1 N–H and O–H groups in total. The summed E-state index contributed by atoms with van der Waals surface area (Å²) < 4.78 is 2.46. The highest BCUT2D eigenvalue weighted by Crippen LogP contribution is 2.25. The lowest BCUT2D eigenvalue weighted by Gasteiger charge is -2.32. The predicted molar refractivity (Wildman–Crippen MR) is 139 cm³/mol. The van der Waals surface area contributed by atoms with Crippen LogP contribution in [0.25, 0.3) is 10.9 Å². The van der Waals surface area contributed by atoms with Gasteiger partial charge in [0.25, 0.3) is 0 Å². The molecule has 2 aliphatic heterocycles. The molecule has 3 heterocycles. The minimum absolute atomic E-state index is 0.155. The van der Waals surface area contributed by atoms with E-state index in [1.54, 1.807) is 0 Å². The third kappa shape index (κ3) is 5.21. The van der Waals surface area contributed by atoms with E-state index >= 15 is 0 Å². The number of rotatable bonds is 8. The number of carbonyl (C=O) groups is 1. The highest BCUT2D eigenvalue weighted by atomic mass is 16.1. The first-order valence-electron chi connectivity index (χ1n) is 13.1. The molecule has 0 bridgehead atoms. The molecule has 3 aromatic rings. The zero-order chi connectivity index (χ0) is 23.3. The molecule has 1 aromatic heterocycles. The Bertz CT molecular complexity index is 1080. The Morgan fingerprint density at radius 3 is 2.50 bits per heavy atom. The largest absolute Gasteiger partial charge is 0.354 e. The van der Waals surface area contributed by atoms with Crippen molar-refractivity contribution in [1.29, 1.82) is 0 Å². The van der Waals surface area contributed by atoms with Crippen molar-refractivity contribution in [3.63, 3.8) is 0 Å². The average Bonchev–Trinajstić information content (AvgIpc) is 3.48. The monoisotopic (exact) mass is 458 g/mol. The van der Waals surface area contributed by atoms with Gasteiger partial charge in [-0.1, -0.05) is 55.5 Å². The second-order valence-electron chi connectivity index (χ2n) is 9.99. The van der Waals surface area contributed by atoms with Crippen molar-refractivity contribution in [2.24, 2.45) is 5.92 Å². The summed E-state index contributed by atoms with van der Waals surface area (Å²) in [5, 5.41) is 4.58. The lowest BCUT2D eigenvalue weighted by Crippen LogP contribution is -2.44. The number of amides is 1. The van der Waals surface area contributed by atoms with E-state index in [9.17, 15) is 4.79 Å². The average molecular weight is 459 g/mol. The molecule has 1 amide bonds. The van der Waals surface area contributed by atoms with E-state index in [4.69, 9.17) is 0 Å². The first kappa shape index (κ1) is 23.1. The number of hydrogen-bond donors (Lipinski definition) is 1. The van der Waals surface area contributed by atoms with Crippen LogP contribution in [0.2, 0.25) is 0 Å². The molecular weight excluding hydrogens is 420 g/mol. The van der Waals surface area contributed by atoms with E-state index in [-0.39, 0.29) is 11.8 Å². The zero-order valence-corrected chi connectivity index (χ0v) is 20.5. The van der Waals surface area contributed by atoms with Crippen LogP contribution in [0.5, 0.6) is 0 Å². The maximum Gasteiger partial charge on any atom is 0.223 e. The van der Waals surface area contributed by atoms with Crippen LogP contribution in [0, 0.1) is 5.92 Å². The van der Waals surface area contributed by atoms with Crippen LogP contribution in [0.3, 0.4) is 0 Å². The van der Waals surface area contributed by atoms with Crippen LogP contribution in [0.1, 0.15) is 43.9 Å². The molecule has 0 saturated carbocycles. The van der Waals surface area contributed by atoms with Crippen molar-refractivity contribution >= 4 is 16.8 Å². The summed E-state index contributed by atoms with van der Waals surface area (Å²) in [5.41, 5.74) is 3.97. The number of aromatic nitrogens is 1. The predicted octanol–water partition coefficient (Wildman–Crippen LogP) is 4.50. The first-order chi connectivity index (χ1) is 16.7. The molecule has 2 aromatic carbocycles. The number of nitrogens with one attached hydrogen (secondary N) is 1. The highest BCUT2D eigenvalue weighted by molar-refractivity contribution is 5.81. The molecule has 5 nitrogen and oxygen atoms in total. The topological polar surface area (TPSA) is 40.5 Å². The van der Waals surface area contributed by atoms with Crippen LogP contribution in [0.15, 0.2) is 60.7 Å². The summed E-state index contributed by atoms with van der Waals surface area (Å²) in [4.78, 5) is 17.9. The number of piperidine rings is 1. The summed E-state index contributed by atoms with van der Waals surface area (Å²) in [6.07, 6.45) is 4.37. The molecule has 5 rings (SSSR count). The van der Waals surface area contributed by atoms with E-state index < -0.39 is 0 Å². The van der Waals surface area contributed by atoms with Gasteiger partial charge in [0.2, 0.25) is 5.91 Å². The minimum Gasteiger partial charge on any atom is -0.354 e. The number of carbonyl (C=O) groups excluding carboxylic acids is 1. The van der Waals surface area contributed by atoms with E-state index in [0.29, 0.717) is 6.04 Å². The van der Waals surface area contributed by atoms with Gasteiger partial charge >= 0.3 is 0 Å². The fraction of sp³-hybridized carbons (Fsp3) is 0.483. The molecule has 5 heteroatoms. The molecule has 2 saturated heterocycles. The summed E-state index contributed by atoms with van der Waals surface area (Å²) in [6.45, 7) is 9.07. The quantitative estimate of drug-likeness (QED) is 0.540. The van der Waals surface area contributed by atoms with Crippen molar-refractivity contribution in [2.75, 3.05) is 32.7 Å². The minimum atomic E-state index is 0.155. The fourth-order valence-corrected chi connectivity index (χ4v) is 5.84. The molecule has 180 valence electrons. The van der Waals surface area contributed by atoms with Crippen LogP contribution in [-0.2, 0) is 17.9 Å². The van der Waals surface area contributed by atoms with Gasteiger partial charge < -0.3 is 9.88 Å². The molecule has 1 unspecified atom stereocenters. The van der Waals surface area contributed by atoms with Crippen LogP contribution in [-0.4, -0.2) is 59.0 Å². The Morgan fingerprint density at radius 1 is 0.941 bits per heavy atom. The van der Waals surface area contributed by atoms with Gasteiger partial charge in [0.15, 0.2) is 0 Å². The smallest absolute Gasteiger partial charge is 0.223 e. The van der Waals surface area contributed by atoms with Gasteiger partial charge in [-0.05, 0) is 74.9 Å². The van der Waals surface area contributed by atoms with Crippen molar-refractivity contribution in [2.45, 2.75) is 51.7 Å². The van der Waals surface area contributed by atoms with Crippen molar-refractivity contribution in [3.05, 3.63) is 71.9 Å². The van der Waals surface area contributed by atoms with Crippen LogP contribution < -0.4 is 5.32 Å². The maximum absolute atomic E-state index is 12.8. The van der Waals surface area contributed by atoms with Gasteiger partial charge in [0.1, 0.15) is 0 Å². The Hall–Kier alpha value is -2.63. The maximum atomic E-state index is 12.8. The Balaban J connectivity index is 1.19. The Kier molecular flexibility index (Phi) is 7.31. The second-order valence-corrected chi connectivity index (χ2v) is 9.99. The van der Waals surface area contributed by atoms with Gasteiger partial charge in [-0.15, -0.1) is 0 Å². The van der Waals surface area contributed by atoms with Crippen molar-refractivity contribution < 1.29 is 4.79 Å². The van der Waals surface area contributed by atoms with E-state index in [2.05, 4.69) is 87.3 Å². The van der Waals surface area contributed by atoms with Gasteiger partial charge in [0.05, 0.1) is 0 Å². The van der Waals surface area contributed by atoms with Crippen LogP contribution in [0.4, 0.5) is 0 Å². The SMILES string of the molecule is CCN1CCCC1CNC(=O)C1CCN(Cc2cc3ccccc3n2Cc2ccccc2)CC1. The molecule has 2 aliphatic rings. The first-order valence-corrected chi connectivity index (χ1v) is 13.1. The van der Waals surface area contributed by atoms with E-state index in [0.717, 1.165) is 52.1 Å². The zero-order valence-electron chi connectivity index (χ0n) is 20.5. The van der Waals surface area contributed by atoms with Gasteiger partial charge in [-0.3, -0.25) is 14.6 Å². The molecule has 1 atom stereocenters. The Morgan fingerprint density at radius 2 is 1.71 bits per heavy atom. The number of para-hydroxylation sites is 1. The Labute approximate surface area is 203 Å². The number of likely N-dealkylation sites (N-methyl/N-ethyl adjacent to an activating group) is 1. The third-order valence-corrected chi connectivity index (χ3v) is 7.84. The molecule has 0 spiro atoms. The highest BCUT2D eigenvalue weighted by Gasteiger charge is 2.28. The van der Waals surface area contributed by atoms with Crippen molar-refractivity contribution in [3.8, 4) is 0 Å². The molecule has 34 heavy (non-hydrogen) atoms. The summed E-state index contributed by atoms with van der Waals surface area (Å²) in [6, 6.07) is 22.3.